The van der Waals surface area contributed by atoms with Crippen LogP contribution in [0.5, 0.6) is 0 Å². The molecule has 1 N–H and O–H groups in total. The first-order valence-corrected chi connectivity index (χ1v) is 6.24. The smallest absolute Gasteiger partial charge is 0.0137 e. The minimum atomic E-state index is 0.828. The molecule has 0 saturated carbocycles. The quantitative estimate of drug-likeness (QED) is 0.505. The lowest BCUT2D eigenvalue weighted by Crippen LogP contribution is -2.22. The van der Waals surface area contributed by atoms with E-state index in [9.17, 15) is 0 Å². The molecule has 0 bridgehead atoms. The molecule has 1 heterocycles. The Bertz CT molecular complexity index is 172. The lowest BCUT2D eigenvalue weighted by Gasteiger charge is -2.20. The number of rotatable bonds is 6. The van der Waals surface area contributed by atoms with Gasteiger partial charge in [-0.1, -0.05) is 51.2 Å². The first-order valence-electron chi connectivity index (χ1n) is 6.24. The van der Waals surface area contributed by atoms with Gasteiger partial charge in [0, 0.05) is 6.54 Å². The Kier molecular flexibility index (Phi) is 5.93. The van der Waals surface area contributed by atoms with Crippen LogP contribution in [0.3, 0.4) is 0 Å². The molecule has 0 amide bonds. The molecule has 14 heavy (non-hydrogen) atoms. The second-order valence-electron chi connectivity index (χ2n) is 4.48. The Morgan fingerprint density at radius 1 is 1.36 bits per heavy atom. The maximum Gasteiger partial charge on any atom is 0.0137 e. The van der Waals surface area contributed by atoms with Crippen molar-refractivity contribution in [2.75, 3.05) is 13.1 Å². The molecule has 0 radical (unpaired) electrons. The Morgan fingerprint density at radius 2 is 2.21 bits per heavy atom. The van der Waals surface area contributed by atoms with Crippen LogP contribution in [0.25, 0.3) is 0 Å². The average molecular weight is 195 g/mol. The van der Waals surface area contributed by atoms with Crippen LogP contribution in [0.2, 0.25) is 0 Å². The van der Waals surface area contributed by atoms with E-state index in [1.165, 1.54) is 45.1 Å². The molecule has 1 aliphatic rings. The van der Waals surface area contributed by atoms with E-state index in [-0.39, 0.29) is 0 Å². The van der Waals surface area contributed by atoms with Crippen LogP contribution in [0, 0.1) is 5.92 Å². The van der Waals surface area contributed by atoms with Gasteiger partial charge in [-0.25, -0.2) is 0 Å². The van der Waals surface area contributed by atoms with Crippen molar-refractivity contribution in [2.45, 2.75) is 52.4 Å². The van der Waals surface area contributed by atoms with E-state index in [2.05, 4.69) is 25.2 Å². The molecule has 82 valence electrons. The van der Waals surface area contributed by atoms with E-state index in [0.717, 1.165) is 12.5 Å². The fourth-order valence-corrected chi connectivity index (χ4v) is 2.15. The van der Waals surface area contributed by atoms with Gasteiger partial charge >= 0.3 is 0 Å². The molecular formula is C13H25N. The van der Waals surface area contributed by atoms with Gasteiger partial charge in [-0.05, 0) is 25.3 Å². The third-order valence-corrected chi connectivity index (χ3v) is 3.22. The van der Waals surface area contributed by atoms with Gasteiger partial charge in [0.1, 0.15) is 0 Å². The molecule has 0 spiro atoms. The summed E-state index contributed by atoms with van der Waals surface area (Å²) in [4.78, 5) is 0. The molecule has 1 nitrogen and oxygen atoms in total. The Balaban J connectivity index is 2.13. The first-order chi connectivity index (χ1) is 6.84. The summed E-state index contributed by atoms with van der Waals surface area (Å²) in [5, 5.41) is 3.37. The second-order valence-corrected chi connectivity index (χ2v) is 4.48. The highest BCUT2D eigenvalue weighted by Gasteiger charge is 2.10. The molecule has 0 aromatic rings. The zero-order valence-electron chi connectivity index (χ0n) is 9.81. The SMILES string of the molecule is CCCCCCC(C)C1=CCNCC1. The van der Waals surface area contributed by atoms with Gasteiger partial charge in [0.25, 0.3) is 0 Å². The average Bonchev–Trinajstić information content (AvgIpc) is 2.25. The largest absolute Gasteiger partial charge is 0.313 e. The van der Waals surface area contributed by atoms with Crippen molar-refractivity contribution < 1.29 is 0 Å². The standard InChI is InChI=1S/C13H25N/c1-3-4-5-6-7-12(2)13-8-10-14-11-9-13/h8,12,14H,3-7,9-11H2,1-2H3. The predicted octanol–water partition coefficient (Wildman–Crippen LogP) is 3.51. The van der Waals surface area contributed by atoms with Gasteiger partial charge in [0.2, 0.25) is 0 Å². The molecule has 1 heteroatoms. The molecule has 0 saturated heterocycles. The summed E-state index contributed by atoms with van der Waals surface area (Å²) in [7, 11) is 0. The molecule has 1 rings (SSSR count). The minimum Gasteiger partial charge on any atom is -0.313 e. The number of unbranched alkanes of at least 4 members (excludes halogenated alkanes) is 3. The Labute approximate surface area is 89.0 Å². The first kappa shape index (κ1) is 11.8. The van der Waals surface area contributed by atoms with Crippen molar-refractivity contribution in [3.05, 3.63) is 11.6 Å². The predicted molar refractivity (Wildman–Crippen MR) is 63.5 cm³/mol. The summed E-state index contributed by atoms with van der Waals surface area (Å²) in [6, 6.07) is 0. The molecule has 0 aromatic carbocycles. The zero-order valence-corrected chi connectivity index (χ0v) is 9.81. The van der Waals surface area contributed by atoms with E-state index in [1.807, 2.05) is 0 Å². The van der Waals surface area contributed by atoms with Crippen LogP contribution < -0.4 is 5.32 Å². The highest BCUT2D eigenvalue weighted by molar-refractivity contribution is 5.09. The Hall–Kier alpha value is -0.300. The van der Waals surface area contributed by atoms with Crippen LogP contribution in [-0.4, -0.2) is 13.1 Å². The van der Waals surface area contributed by atoms with Crippen LogP contribution in [0.15, 0.2) is 11.6 Å². The summed E-state index contributed by atoms with van der Waals surface area (Å²) in [6.45, 7) is 6.95. The number of hydrogen-bond donors (Lipinski definition) is 1. The summed E-state index contributed by atoms with van der Waals surface area (Å²) >= 11 is 0. The van der Waals surface area contributed by atoms with E-state index in [1.54, 1.807) is 5.57 Å². The van der Waals surface area contributed by atoms with Gasteiger partial charge in [-0.2, -0.15) is 0 Å². The third kappa shape index (κ3) is 4.28. The van der Waals surface area contributed by atoms with Gasteiger partial charge in [-0.3, -0.25) is 0 Å². The monoisotopic (exact) mass is 195 g/mol. The minimum absolute atomic E-state index is 0.828. The van der Waals surface area contributed by atoms with E-state index in [4.69, 9.17) is 0 Å². The Morgan fingerprint density at radius 3 is 2.86 bits per heavy atom. The van der Waals surface area contributed by atoms with Crippen LogP contribution >= 0.6 is 0 Å². The molecule has 1 atom stereocenters. The third-order valence-electron chi connectivity index (χ3n) is 3.22. The number of hydrogen-bond acceptors (Lipinski definition) is 1. The van der Waals surface area contributed by atoms with Crippen LogP contribution in [0.1, 0.15) is 52.4 Å². The normalized spacial score (nSPS) is 19.1. The lowest BCUT2D eigenvalue weighted by atomic mass is 9.91. The van der Waals surface area contributed by atoms with E-state index < -0.39 is 0 Å². The van der Waals surface area contributed by atoms with Crippen molar-refractivity contribution in [2.24, 2.45) is 5.92 Å². The molecule has 1 unspecified atom stereocenters. The maximum atomic E-state index is 3.37. The topological polar surface area (TPSA) is 12.0 Å². The molecule has 0 aliphatic carbocycles. The van der Waals surface area contributed by atoms with Crippen LogP contribution in [-0.2, 0) is 0 Å². The van der Waals surface area contributed by atoms with Gasteiger partial charge < -0.3 is 5.32 Å². The summed E-state index contributed by atoms with van der Waals surface area (Å²) < 4.78 is 0. The van der Waals surface area contributed by atoms with Gasteiger partial charge in [0.15, 0.2) is 0 Å². The molecule has 1 aliphatic heterocycles. The highest BCUT2D eigenvalue weighted by atomic mass is 14.8. The van der Waals surface area contributed by atoms with E-state index >= 15 is 0 Å². The fraction of sp³-hybridized carbons (Fsp3) is 0.846. The molecule has 0 fully saturated rings. The maximum absolute atomic E-state index is 3.37. The van der Waals surface area contributed by atoms with Gasteiger partial charge in [0.05, 0.1) is 0 Å². The number of nitrogens with one attached hydrogen (secondary N) is 1. The highest BCUT2D eigenvalue weighted by Crippen LogP contribution is 2.21. The second kappa shape index (κ2) is 7.05. The zero-order chi connectivity index (χ0) is 10.2. The lowest BCUT2D eigenvalue weighted by molar-refractivity contribution is 0.514. The molecular weight excluding hydrogens is 170 g/mol. The summed E-state index contributed by atoms with van der Waals surface area (Å²) in [6.07, 6.45) is 10.7. The van der Waals surface area contributed by atoms with Crippen molar-refractivity contribution >= 4 is 0 Å². The summed E-state index contributed by atoms with van der Waals surface area (Å²) in [5.41, 5.74) is 1.69. The fourth-order valence-electron chi connectivity index (χ4n) is 2.15. The van der Waals surface area contributed by atoms with Crippen molar-refractivity contribution in [1.29, 1.82) is 0 Å². The molecule has 0 aromatic heterocycles. The van der Waals surface area contributed by atoms with E-state index in [0.29, 0.717) is 0 Å². The van der Waals surface area contributed by atoms with Crippen molar-refractivity contribution in [3.8, 4) is 0 Å². The summed E-state index contributed by atoms with van der Waals surface area (Å²) in [5.74, 6) is 0.828. The van der Waals surface area contributed by atoms with Crippen molar-refractivity contribution in [1.82, 2.24) is 5.32 Å². The van der Waals surface area contributed by atoms with Crippen LogP contribution in [0.4, 0.5) is 0 Å². The van der Waals surface area contributed by atoms with Crippen molar-refractivity contribution in [3.63, 3.8) is 0 Å². The van der Waals surface area contributed by atoms with Gasteiger partial charge in [-0.15, -0.1) is 0 Å².